The fraction of sp³-hybridized carbons (Fsp3) is 0.818. The van der Waals surface area contributed by atoms with Gasteiger partial charge in [0.15, 0.2) is 0 Å². The van der Waals surface area contributed by atoms with E-state index >= 15 is 0 Å². The molecule has 0 atom stereocenters. The first kappa shape index (κ1) is 12.0. The number of carbonyl (C=O) groups is 1. The molecule has 0 aromatic rings. The van der Waals surface area contributed by atoms with Crippen molar-refractivity contribution < 1.29 is 4.79 Å². The van der Waals surface area contributed by atoms with Gasteiger partial charge in [-0.2, -0.15) is 5.26 Å². The summed E-state index contributed by atoms with van der Waals surface area (Å²) in [5.41, 5.74) is 0. The smallest absolute Gasteiger partial charge is 0.222 e. The zero-order valence-electron chi connectivity index (χ0n) is 9.57. The summed E-state index contributed by atoms with van der Waals surface area (Å²) in [7, 11) is 0. The Morgan fingerprint density at radius 1 is 1.33 bits per heavy atom. The topological polar surface area (TPSA) is 47.3 Å². The van der Waals surface area contributed by atoms with Crippen LogP contribution in [-0.4, -0.2) is 48.4 Å². The van der Waals surface area contributed by atoms with Gasteiger partial charge in [-0.25, -0.2) is 0 Å². The van der Waals surface area contributed by atoms with Crippen LogP contribution >= 0.6 is 0 Å². The molecule has 1 rings (SSSR count). The van der Waals surface area contributed by atoms with E-state index in [2.05, 4.69) is 24.8 Å². The molecule has 0 N–H and O–H groups in total. The van der Waals surface area contributed by atoms with Gasteiger partial charge in [0.05, 0.1) is 12.6 Å². The van der Waals surface area contributed by atoms with Crippen LogP contribution in [-0.2, 0) is 4.79 Å². The van der Waals surface area contributed by atoms with Crippen molar-refractivity contribution in [1.82, 2.24) is 9.80 Å². The lowest BCUT2D eigenvalue weighted by atomic mass is 10.1. The number of hydrogen-bond acceptors (Lipinski definition) is 3. The van der Waals surface area contributed by atoms with E-state index in [-0.39, 0.29) is 5.91 Å². The third-order valence-corrected chi connectivity index (χ3v) is 2.60. The number of nitrogens with zero attached hydrogens (tertiary/aromatic N) is 3. The summed E-state index contributed by atoms with van der Waals surface area (Å²) in [6.07, 6.45) is 0.637. The Labute approximate surface area is 91.5 Å². The molecule has 0 unspecified atom stereocenters. The van der Waals surface area contributed by atoms with Gasteiger partial charge in [0, 0.05) is 32.6 Å². The highest BCUT2D eigenvalue weighted by molar-refractivity contribution is 5.76. The first-order valence-electron chi connectivity index (χ1n) is 5.50. The highest BCUT2D eigenvalue weighted by Crippen LogP contribution is 2.07. The maximum Gasteiger partial charge on any atom is 0.222 e. The zero-order valence-corrected chi connectivity index (χ0v) is 9.57. The van der Waals surface area contributed by atoms with Crippen molar-refractivity contribution in [3.8, 4) is 6.07 Å². The van der Waals surface area contributed by atoms with Crippen LogP contribution in [0.2, 0.25) is 0 Å². The second kappa shape index (κ2) is 5.72. The molecule has 1 aliphatic rings. The van der Waals surface area contributed by atoms with E-state index in [0.29, 0.717) is 18.9 Å². The van der Waals surface area contributed by atoms with Crippen LogP contribution in [0.4, 0.5) is 0 Å². The molecule has 15 heavy (non-hydrogen) atoms. The highest BCUT2D eigenvalue weighted by atomic mass is 16.2. The molecule has 1 heterocycles. The normalized spacial score (nSPS) is 17.9. The standard InChI is InChI=1S/C11H19N3O/c1-10(2)9-11(15)14-7-5-13(4-3-12)6-8-14/h10H,4-9H2,1-2H3. The molecule has 0 spiro atoms. The number of amides is 1. The number of rotatable bonds is 3. The van der Waals surface area contributed by atoms with Crippen LogP contribution < -0.4 is 0 Å². The molecule has 84 valence electrons. The third kappa shape index (κ3) is 3.88. The SMILES string of the molecule is CC(C)CC(=O)N1CCN(CC#N)CC1. The molecule has 0 radical (unpaired) electrons. The molecule has 1 fully saturated rings. The molecular weight excluding hydrogens is 190 g/mol. The molecule has 0 aromatic carbocycles. The van der Waals surface area contributed by atoms with Crippen molar-refractivity contribution in [3.05, 3.63) is 0 Å². The van der Waals surface area contributed by atoms with E-state index in [1.807, 2.05) is 4.90 Å². The summed E-state index contributed by atoms with van der Waals surface area (Å²) in [6.45, 7) is 7.80. The van der Waals surface area contributed by atoms with Crippen molar-refractivity contribution in [2.24, 2.45) is 5.92 Å². The molecule has 1 saturated heterocycles. The van der Waals surface area contributed by atoms with Gasteiger partial charge in [-0.1, -0.05) is 13.8 Å². The Morgan fingerprint density at radius 2 is 1.93 bits per heavy atom. The first-order valence-corrected chi connectivity index (χ1v) is 5.50. The van der Waals surface area contributed by atoms with Crippen molar-refractivity contribution in [2.45, 2.75) is 20.3 Å². The highest BCUT2D eigenvalue weighted by Gasteiger charge is 2.20. The van der Waals surface area contributed by atoms with Crippen LogP contribution in [0.1, 0.15) is 20.3 Å². The van der Waals surface area contributed by atoms with Crippen LogP contribution in [0.15, 0.2) is 0 Å². The van der Waals surface area contributed by atoms with E-state index in [4.69, 9.17) is 5.26 Å². The number of hydrogen-bond donors (Lipinski definition) is 0. The zero-order chi connectivity index (χ0) is 11.3. The lowest BCUT2D eigenvalue weighted by molar-refractivity contribution is -0.133. The van der Waals surface area contributed by atoms with Gasteiger partial charge >= 0.3 is 0 Å². The summed E-state index contributed by atoms with van der Waals surface area (Å²) < 4.78 is 0. The Hall–Kier alpha value is -1.08. The molecule has 4 heteroatoms. The van der Waals surface area contributed by atoms with E-state index in [1.165, 1.54) is 0 Å². The lowest BCUT2D eigenvalue weighted by Gasteiger charge is -2.33. The second-order valence-electron chi connectivity index (χ2n) is 4.41. The largest absolute Gasteiger partial charge is 0.340 e. The lowest BCUT2D eigenvalue weighted by Crippen LogP contribution is -2.48. The second-order valence-corrected chi connectivity index (χ2v) is 4.41. The summed E-state index contributed by atoms with van der Waals surface area (Å²) in [5.74, 6) is 0.677. The van der Waals surface area contributed by atoms with Gasteiger partial charge in [0.1, 0.15) is 0 Å². The van der Waals surface area contributed by atoms with Gasteiger partial charge < -0.3 is 4.90 Å². The molecule has 0 aliphatic carbocycles. The number of piperazine rings is 1. The van der Waals surface area contributed by atoms with Crippen molar-refractivity contribution in [3.63, 3.8) is 0 Å². The summed E-state index contributed by atoms with van der Waals surface area (Å²) >= 11 is 0. The van der Waals surface area contributed by atoms with Gasteiger partial charge in [0.25, 0.3) is 0 Å². The predicted octanol–water partition coefficient (Wildman–Crippen LogP) is 0.700. The summed E-state index contributed by atoms with van der Waals surface area (Å²) in [6, 6.07) is 2.14. The number of nitriles is 1. The Balaban J connectivity index is 2.31. The molecule has 0 saturated carbocycles. The molecule has 4 nitrogen and oxygen atoms in total. The van der Waals surface area contributed by atoms with E-state index in [9.17, 15) is 4.79 Å². The van der Waals surface area contributed by atoms with Gasteiger partial charge in [-0.05, 0) is 5.92 Å². The van der Waals surface area contributed by atoms with Gasteiger partial charge in [-0.3, -0.25) is 9.69 Å². The predicted molar refractivity (Wildman–Crippen MR) is 58.1 cm³/mol. The van der Waals surface area contributed by atoms with Crippen molar-refractivity contribution in [1.29, 1.82) is 5.26 Å². The first-order chi connectivity index (χ1) is 7.13. The average molecular weight is 209 g/mol. The minimum Gasteiger partial charge on any atom is -0.340 e. The maximum absolute atomic E-state index is 11.7. The van der Waals surface area contributed by atoms with E-state index in [1.54, 1.807) is 0 Å². The van der Waals surface area contributed by atoms with Crippen LogP contribution in [0.5, 0.6) is 0 Å². The monoisotopic (exact) mass is 209 g/mol. The van der Waals surface area contributed by atoms with E-state index in [0.717, 1.165) is 26.2 Å². The van der Waals surface area contributed by atoms with E-state index < -0.39 is 0 Å². The van der Waals surface area contributed by atoms with Crippen molar-refractivity contribution >= 4 is 5.91 Å². The van der Waals surface area contributed by atoms with Crippen LogP contribution in [0, 0.1) is 17.2 Å². The minimum atomic E-state index is 0.251. The third-order valence-electron chi connectivity index (χ3n) is 2.60. The Bertz CT molecular complexity index is 249. The quantitative estimate of drug-likeness (QED) is 0.643. The Kier molecular flexibility index (Phi) is 4.57. The maximum atomic E-state index is 11.7. The van der Waals surface area contributed by atoms with Crippen molar-refractivity contribution in [2.75, 3.05) is 32.7 Å². The van der Waals surface area contributed by atoms with Crippen LogP contribution in [0.25, 0.3) is 0 Å². The molecular formula is C11H19N3O. The number of carbonyl (C=O) groups excluding carboxylic acids is 1. The molecule has 0 aromatic heterocycles. The fourth-order valence-corrected chi connectivity index (χ4v) is 1.73. The van der Waals surface area contributed by atoms with Crippen LogP contribution in [0.3, 0.4) is 0 Å². The van der Waals surface area contributed by atoms with Gasteiger partial charge in [-0.15, -0.1) is 0 Å². The average Bonchev–Trinajstić information content (AvgIpc) is 2.18. The molecule has 0 bridgehead atoms. The van der Waals surface area contributed by atoms with Gasteiger partial charge in [0.2, 0.25) is 5.91 Å². The molecule has 1 aliphatic heterocycles. The molecule has 1 amide bonds. The Morgan fingerprint density at radius 3 is 2.40 bits per heavy atom. The summed E-state index contributed by atoms with van der Waals surface area (Å²) in [5, 5.41) is 8.54. The fourth-order valence-electron chi connectivity index (χ4n) is 1.73. The summed E-state index contributed by atoms with van der Waals surface area (Å²) in [4.78, 5) is 15.7. The minimum absolute atomic E-state index is 0.251.